The molecule has 0 aromatic carbocycles. The van der Waals surface area contributed by atoms with Crippen molar-refractivity contribution in [2.75, 3.05) is 26.4 Å². The van der Waals surface area contributed by atoms with Crippen LogP contribution in [-0.4, -0.2) is 147 Å². The first-order valence-electron chi connectivity index (χ1n) is 13.4. The van der Waals surface area contributed by atoms with Crippen molar-refractivity contribution in [3.63, 3.8) is 0 Å². The lowest BCUT2D eigenvalue weighted by Crippen LogP contribution is -2.61. The molecule has 0 radical (unpaired) electrons. The number of nitrogens with zero attached hydrogens (tertiary/aromatic N) is 1. The van der Waals surface area contributed by atoms with Gasteiger partial charge in [-0.2, -0.15) is 0 Å². The molecule has 1 rings (SSSR count). The molecule has 1 fully saturated rings. The fraction of sp³-hybridized carbons (Fsp3) is 0.708. The number of carbonyl (C=O) groups is 7. The molecule has 8 atom stereocenters. The minimum Gasteiger partial charge on any atom is -0.480 e. The highest BCUT2D eigenvalue weighted by Crippen LogP contribution is 2.18. The predicted molar refractivity (Wildman–Crippen MR) is 144 cm³/mol. The highest BCUT2D eigenvalue weighted by Gasteiger charge is 2.37. The quantitative estimate of drug-likeness (QED) is 0.0766. The number of aliphatic hydroxyl groups excluding tert-OH is 4. The SMILES string of the molecule is C[C@H](NC(=O)[C@H](CO)NC(=O)[C@H](CO)NC(=O)[C@H](CO)NC(=O)[C@@H](N)[C@@H](C)O)C(=O)N[C@@H](C)C(=O)N1CCC[C@H]1C(=O)O. The Morgan fingerprint density at radius 2 is 1.14 bits per heavy atom. The van der Waals surface area contributed by atoms with Crippen LogP contribution in [0.2, 0.25) is 0 Å². The highest BCUT2D eigenvalue weighted by molar-refractivity contribution is 5.97. The number of hydrogen-bond donors (Lipinski definition) is 11. The first-order chi connectivity index (χ1) is 20.1. The summed E-state index contributed by atoms with van der Waals surface area (Å²) in [6.07, 6.45) is -0.510. The molecular weight excluding hydrogens is 578 g/mol. The van der Waals surface area contributed by atoms with Crippen molar-refractivity contribution in [3.8, 4) is 0 Å². The number of carbonyl (C=O) groups excluding carboxylic acids is 6. The van der Waals surface area contributed by atoms with Gasteiger partial charge in [0.1, 0.15) is 42.3 Å². The van der Waals surface area contributed by atoms with Crippen LogP contribution in [0, 0.1) is 0 Å². The molecule has 19 nitrogen and oxygen atoms in total. The Labute approximate surface area is 246 Å². The van der Waals surface area contributed by atoms with Crippen LogP contribution in [-0.2, 0) is 33.6 Å². The Morgan fingerprint density at radius 1 is 0.721 bits per heavy atom. The fourth-order valence-corrected chi connectivity index (χ4v) is 3.93. The molecule has 0 unspecified atom stereocenters. The van der Waals surface area contributed by atoms with E-state index in [9.17, 15) is 59.1 Å². The number of likely N-dealkylation sites (tertiary alicyclic amines) is 1. The van der Waals surface area contributed by atoms with Crippen molar-refractivity contribution in [2.45, 2.75) is 82.0 Å². The van der Waals surface area contributed by atoms with E-state index >= 15 is 0 Å². The molecule has 6 amide bonds. The van der Waals surface area contributed by atoms with Gasteiger partial charge in [-0.05, 0) is 33.6 Å². The lowest BCUT2D eigenvalue weighted by molar-refractivity contribution is -0.149. The van der Waals surface area contributed by atoms with Gasteiger partial charge < -0.3 is 62.8 Å². The largest absolute Gasteiger partial charge is 0.480 e. The van der Waals surface area contributed by atoms with Crippen molar-refractivity contribution in [1.82, 2.24) is 31.5 Å². The summed E-state index contributed by atoms with van der Waals surface area (Å²) in [6.45, 7) is 1.13. The molecule has 43 heavy (non-hydrogen) atoms. The molecule has 0 aliphatic carbocycles. The molecule has 12 N–H and O–H groups in total. The van der Waals surface area contributed by atoms with E-state index in [1.807, 2.05) is 0 Å². The monoisotopic (exact) mass is 619 g/mol. The molecule has 0 aromatic heterocycles. The van der Waals surface area contributed by atoms with Crippen LogP contribution in [0.15, 0.2) is 0 Å². The van der Waals surface area contributed by atoms with Crippen LogP contribution < -0.4 is 32.3 Å². The van der Waals surface area contributed by atoms with E-state index in [4.69, 9.17) is 5.73 Å². The van der Waals surface area contributed by atoms with E-state index < -0.39 is 110 Å². The zero-order valence-electron chi connectivity index (χ0n) is 24.0. The van der Waals surface area contributed by atoms with Crippen LogP contribution in [0.4, 0.5) is 0 Å². The Balaban J connectivity index is 2.73. The minimum absolute atomic E-state index is 0.210. The van der Waals surface area contributed by atoms with Gasteiger partial charge in [-0.1, -0.05) is 0 Å². The number of amides is 6. The average molecular weight is 620 g/mol. The zero-order chi connectivity index (χ0) is 33.0. The summed E-state index contributed by atoms with van der Waals surface area (Å²) in [4.78, 5) is 87.4. The van der Waals surface area contributed by atoms with Gasteiger partial charge in [0.25, 0.3) is 0 Å². The second-order valence-corrected chi connectivity index (χ2v) is 9.99. The summed E-state index contributed by atoms with van der Waals surface area (Å²) in [6, 6.07) is -9.82. The van der Waals surface area contributed by atoms with E-state index in [0.717, 1.165) is 4.90 Å². The molecule has 1 aliphatic heterocycles. The van der Waals surface area contributed by atoms with Crippen molar-refractivity contribution in [3.05, 3.63) is 0 Å². The van der Waals surface area contributed by atoms with Crippen LogP contribution >= 0.6 is 0 Å². The number of aliphatic carboxylic acids is 1. The van der Waals surface area contributed by atoms with E-state index in [1.54, 1.807) is 0 Å². The Morgan fingerprint density at radius 3 is 1.56 bits per heavy atom. The summed E-state index contributed by atoms with van der Waals surface area (Å²) >= 11 is 0. The maximum Gasteiger partial charge on any atom is 0.326 e. The summed E-state index contributed by atoms with van der Waals surface area (Å²) in [5, 5.41) is 58.1. The van der Waals surface area contributed by atoms with Crippen LogP contribution in [0.5, 0.6) is 0 Å². The third kappa shape index (κ3) is 10.7. The van der Waals surface area contributed by atoms with Crippen molar-refractivity contribution >= 4 is 41.4 Å². The van der Waals surface area contributed by atoms with Crippen molar-refractivity contribution < 1.29 is 59.1 Å². The van der Waals surface area contributed by atoms with Gasteiger partial charge in [0.05, 0.1) is 25.9 Å². The molecule has 1 heterocycles. The topological polar surface area (TPSA) is 310 Å². The fourth-order valence-electron chi connectivity index (χ4n) is 3.93. The van der Waals surface area contributed by atoms with Crippen molar-refractivity contribution in [2.24, 2.45) is 5.73 Å². The first-order valence-corrected chi connectivity index (χ1v) is 13.4. The third-order valence-electron chi connectivity index (χ3n) is 6.57. The predicted octanol–water partition coefficient (Wildman–Crippen LogP) is -6.79. The number of rotatable bonds is 16. The highest BCUT2D eigenvalue weighted by atomic mass is 16.4. The first kappa shape index (κ1) is 37.1. The number of aliphatic hydroxyl groups is 4. The minimum atomic E-state index is -1.71. The van der Waals surface area contributed by atoms with E-state index in [0.29, 0.717) is 6.42 Å². The van der Waals surface area contributed by atoms with Crippen molar-refractivity contribution in [1.29, 1.82) is 0 Å². The van der Waals surface area contributed by atoms with E-state index in [2.05, 4.69) is 26.6 Å². The average Bonchev–Trinajstić information content (AvgIpc) is 3.46. The standard InChI is InChI=1S/C24H41N7O12/c1-10(18(36)27-11(2)23(41)31-6-4-5-16(31)24(42)43)26-19(37)13(7-32)28-20(38)14(8-33)29-21(39)15(9-34)30-22(40)17(25)12(3)35/h10-17,32-35H,4-9,25H2,1-3H3,(H,26,37)(H,27,36)(H,28,38)(H,29,39)(H,30,40)(H,42,43)/t10-,11-,12+,13-,14-,15-,16-,17-/m0/s1. The summed E-state index contributed by atoms with van der Waals surface area (Å²) in [5.41, 5.74) is 5.47. The number of nitrogens with one attached hydrogen (secondary N) is 5. The summed E-state index contributed by atoms with van der Waals surface area (Å²) in [5.74, 6) is -6.90. The maximum absolute atomic E-state index is 12.6. The molecule has 0 spiro atoms. The van der Waals surface area contributed by atoms with Gasteiger partial charge in [0, 0.05) is 6.54 Å². The smallest absolute Gasteiger partial charge is 0.326 e. The number of hydrogen-bond acceptors (Lipinski definition) is 12. The molecule has 19 heteroatoms. The van der Waals surface area contributed by atoms with Crippen LogP contribution in [0.3, 0.4) is 0 Å². The summed E-state index contributed by atoms with van der Waals surface area (Å²) < 4.78 is 0. The number of nitrogens with two attached hydrogens (primary N) is 1. The van der Waals surface area contributed by atoms with Gasteiger partial charge in [-0.15, -0.1) is 0 Å². The van der Waals surface area contributed by atoms with Gasteiger partial charge in [-0.3, -0.25) is 28.8 Å². The van der Waals surface area contributed by atoms with Gasteiger partial charge in [-0.25, -0.2) is 4.79 Å². The molecule has 1 saturated heterocycles. The third-order valence-corrected chi connectivity index (χ3v) is 6.57. The molecule has 0 saturated carbocycles. The number of carboxylic acids is 1. The lowest BCUT2D eigenvalue weighted by Gasteiger charge is -2.26. The number of carboxylic acid groups (broad SMARTS) is 1. The second kappa shape index (κ2) is 17.3. The molecule has 244 valence electrons. The van der Waals surface area contributed by atoms with Gasteiger partial charge >= 0.3 is 5.97 Å². The Bertz CT molecular complexity index is 1040. The normalized spacial score (nSPS) is 19.4. The lowest BCUT2D eigenvalue weighted by atomic mass is 10.1. The Kier molecular flexibility index (Phi) is 14.9. The molecule has 0 aromatic rings. The van der Waals surface area contributed by atoms with Gasteiger partial charge in [0.2, 0.25) is 35.4 Å². The summed E-state index contributed by atoms with van der Waals surface area (Å²) in [7, 11) is 0. The molecular formula is C24H41N7O12. The Hall–Kier alpha value is -3.91. The van der Waals surface area contributed by atoms with Crippen LogP contribution in [0.25, 0.3) is 0 Å². The van der Waals surface area contributed by atoms with Crippen LogP contribution in [0.1, 0.15) is 33.6 Å². The maximum atomic E-state index is 12.6. The molecule has 0 bridgehead atoms. The van der Waals surface area contributed by atoms with Gasteiger partial charge in [0.15, 0.2) is 0 Å². The second-order valence-electron chi connectivity index (χ2n) is 9.99. The zero-order valence-corrected chi connectivity index (χ0v) is 24.0. The van der Waals surface area contributed by atoms with E-state index in [-0.39, 0.29) is 13.0 Å². The van der Waals surface area contributed by atoms with E-state index in [1.165, 1.54) is 20.8 Å². The molecule has 1 aliphatic rings.